The molecule has 31 heavy (non-hydrogen) atoms. The first-order valence-electron chi connectivity index (χ1n) is 10.9. The summed E-state index contributed by atoms with van der Waals surface area (Å²) in [6, 6.07) is 15.0. The van der Waals surface area contributed by atoms with Crippen molar-refractivity contribution in [2.24, 2.45) is 0 Å². The van der Waals surface area contributed by atoms with Gasteiger partial charge in [-0.05, 0) is 54.8 Å². The number of hydrogen-bond acceptors (Lipinski definition) is 6. The van der Waals surface area contributed by atoms with Crippen molar-refractivity contribution in [3.05, 3.63) is 66.2 Å². The molecule has 1 aromatic heterocycles. The summed E-state index contributed by atoms with van der Waals surface area (Å²) < 4.78 is 13.2. The van der Waals surface area contributed by atoms with E-state index < -0.39 is 0 Å². The lowest BCUT2D eigenvalue weighted by atomic mass is 10.1. The van der Waals surface area contributed by atoms with Gasteiger partial charge in [0.15, 0.2) is 11.6 Å². The van der Waals surface area contributed by atoms with Gasteiger partial charge >= 0.3 is 0 Å². The maximum absolute atomic E-state index is 13.2. The van der Waals surface area contributed by atoms with E-state index >= 15 is 0 Å². The van der Waals surface area contributed by atoms with Crippen LogP contribution in [0.3, 0.4) is 0 Å². The van der Waals surface area contributed by atoms with Crippen LogP contribution in [0.25, 0.3) is 0 Å². The highest BCUT2D eigenvalue weighted by Crippen LogP contribution is 2.30. The van der Waals surface area contributed by atoms with E-state index in [0.29, 0.717) is 11.5 Å². The van der Waals surface area contributed by atoms with Crippen molar-refractivity contribution in [2.75, 3.05) is 47.0 Å². The molecule has 3 aromatic rings. The molecular formula is C24H29FN6. The summed E-state index contributed by atoms with van der Waals surface area (Å²) in [7, 11) is 0. The zero-order valence-electron chi connectivity index (χ0n) is 17.9. The SMILES string of the molecule is CCCCc1ccc(Nc2ncnc(N3CCN(c4ccc(F)cc4)CC3)c2N)cc1. The van der Waals surface area contributed by atoms with Crippen molar-refractivity contribution in [3.8, 4) is 0 Å². The highest BCUT2D eigenvalue weighted by molar-refractivity contribution is 5.78. The molecule has 0 atom stereocenters. The number of nitrogens with one attached hydrogen (secondary N) is 1. The Morgan fingerprint density at radius 2 is 1.61 bits per heavy atom. The molecule has 0 saturated carbocycles. The highest BCUT2D eigenvalue weighted by atomic mass is 19.1. The summed E-state index contributed by atoms with van der Waals surface area (Å²) in [6.07, 6.45) is 5.04. The summed E-state index contributed by atoms with van der Waals surface area (Å²) in [6.45, 7) is 5.40. The van der Waals surface area contributed by atoms with Crippen LogP contribution in [0.1, 0.15) is 25.3 Å². The van der Waals surface area contributed by atoms with E-state index in [-0.39, 0.29) is 5.82 Å². The molecule has 4 rings (SSSR count). The van der Waals surface area contributed by atoms with Crippen LogP contribution in [0.5, 0.6) is 0 Å². The lowest BCUT2D eigenvalue weighted by Gasteiger charge is -2.37. The number of nitrogens with two attached hydrogens (primary N) is 1. The van der Waals surface area contributed by atoms with E-state index in [1.54, 1.807) is 6.33 Å². The molecule has 1 aliphatic heterocycles. The lowest BCUT2D eigenvalue weighted by molar-refractivity contribution is 0.624. The number of nitrogens with zero attached hydrogens (tertiary/aromatic N) is 4. The Balaban J connectivity index is 1.41. The number of rotatable bonds is 7. The van der Waals surface area contributed by atoms with Crippen LogP contribution < -0.4 is 20.9 Å². The summed E-state index contributed by atoms with van der Waals surface area (Å²) in [4.78, 5) is 13.2. The number of anilines is 5. The number of aryl methyl sites for hydroxylation is 1. The molecule has 1 fully saturated rings. The predicted molar refractivity (Wildman–Crippen MR) is 126 cm³/mol. The van der Waals surface area contributed by atoms with Crippen LogP contribution in [0.15, 0.2) is 54.9 Å². The highest BCUT2D eigenvalue weighted by Gasteiger charge is 2.21. The van der Waals surface area contributed by atoms with Crippen molar-refractivity contribution < 1.29 is 4.39 Å². The van der Waals surface area contributed by atoms with Gasteiger partial charge in [0.2, 0.25) is 0 Å². The molecule has 1 aliphatic rings. The van der Waals surface area contributed by atoms with E-state index in [1.807, 2.05) is 12.1 Å². The minimum atomic E-state index is -0.216. The van der Waals surface area contributed by atoms with Crippen LogP contribution in [0, 0.1) is 5.82 Å². The summed E-state index contributed by atoms with van der Waals surface area (Å²) in [5, 5.41) is 3.33. The van der Waals surface area contributed by atoms with Gasteiger partial charge in [-0.15, -0.1) is 0 Å². The largest absolute Gasteiger partial charge is 0.393 e. The number of unbranched alkanes of at least 4 members (excludes halogenated alkanes) is 1. The summed E-state index contributed by atoms with van der Waals surface area (Å²) in [5.74, 6) is 1.15. The fourth-order valence-electron chi connectivity index (χ4n) is 3.84. The molecule has 6 nitrogen and oxygen atoms in total. The molecular weight excluding hydrogens is 391 g/mol. The average Bonchev–Trinajstić information content (AvgIpc) is 2.81. The second-order valence-corrected chi connectivity index (χ2v) is 7.84. The quantitative estimate of drug-likeness (QED) is 0.582. The first kappa shape index (κ1) is 20.9. The van der Waals surface area contributed by atoms with Crippen molar-refractivity contribution >= 4 is 28.7 Å². The van der Waals surface area contributed by atoms with Crippen LogP contribution in [-0.4, -0.2) is 36.1 Å². The molecule has 2 aromatic carbocycles. The topological polar surface area (TPSA) is 70.3 Å². The Kier molecular flexibility index (Phi) is 6.50. The Bertz CT molecular complexity index is 982. The summed E-state index contributed by atoms with van der Waals surface area (Å²) in [5.41, 5.74) is 10.3. The van der Waals surface area contributed by atoms with Crippen LogP contribution >= 0.6 is 0 Å². The van der Waals surface area contributed by atoms with Crippen molar-refractivity contribution in [1.29, 1.82) is 0 Å². The molecule has 7 heteroatoms. The first-order valence-corrected chi connectivity index (χ1v) is 10.9. The number of benzene rings is 2. The third kappa shape index (κ3) is 5.05. The molecule has 0 unspecified atom stereocenters. The Labute approximate surface area is 182 Å². The standard InChI is InChI=1S/C24H29FN6/c1-2-3-4-18-5-9-20(10-6-18)29-23-22(26)24(28-17-27-23)31-15-13-30(14-16-31)21-11-7-19(25)8-12-21/h5-12,17H,2-4,13-16,26H2,1H3,(H,27,28,29). The third-order valence-electron chi connectivity index (χ3n) is 5.67. The lowest BCUT2D eigenvalue weighted by Crippen LogP contribution is -2.47. The van der Waals surface area contributed by atoms with E-state index in [0.717, 1.165) is 49.8 Å². The molecule has 0 radical (unpaired) electrons. The fourth-order valence-corrected chi connectivity index (χ4v) is 3.84. The molecule has 0 aliphatic carbocycles. The number of nitrogen functional groups attached to an aromatic ring is 1. The average molecular weight is 421 g/mol. The van der Waals surface area contributed by atoms with Crippen molar-refractivity contribution in [2.45, 2.75) is 26.2 Å². The monoisotopic (exact) mass is 420 g/mol. The van der Waals surface area contributed by atoms with Gasteiger partial charge in [0, 0.05) is 37.6 Å². The van der Waals surface area contributed by atoms with E-state index in [1.165, 1.54) is 30.5 Å². The smallest absolute Gasteiger partial charge is 0.159 e. The van der Waals surface area contributed by atoms with Gasteiger partial charge in [0.25, 0.3) is 0 Å². The Hall–Kier alpha value is -3.35. The Morgan fingerprint density at radius 1 is 0.935 bits per heavy atom. The predicted octanol–water partition coefficient (Wildman–Crippen LogP) is 4.61. The Morgan fingerprint density at radius 3 is 2.29 bits per heavy atom. The fraction of sp³-hybridized carbons (Fsp3) is 0.333. The van der Waals surface area contributed by atoms with Gasteiger partial charge in [0.1, 0.15) is 17.8 Å². The summed E-state index contributed by atoms with van der Waals surface area (Å²) >= 11 is 0. The zero-order valence-corrected chi connectivity index (χ0v) is 17.9. The van der Waals surface area contributed by atoms with Gasteiger partial charge < -0.3 is 20.9 Å². The van der Waals surface area contributed by atoms with Crippen molar-refractivity contribution in [1.82, 2.24) is 9.97 Å². The number of aromatic nitrogens is 2. The molecule has 0 spiro atoms. The van der Waals surface area contributed by atoms with E-state index in [2.05, 4.69) is 56.3 Å². The molecule has 0 amide bonds. The molecule has 162 valence electrons. The van der Waals surface area contributed by atoms with E-state index in [9.17, 15) is 4.39 Å². The van der Waals surface area contributed by atoms with Gasteiger partial charge in [0.05, 0.1) is 0 Å². The van der Waals surface area contributed by atoms with Crippen LogP contribution in [-0.2, 0) is 6.42 Å². The van der Waals surface area contributed by atoms with Gasteiger partial charge in [-0.25, -0.2) is 14.4 Å². The molecule has 2 heterocycles. The zero-order chi connectivity index (χ0) is 21.6. The van der Waals surface area contributed by atoms with Gasteiger partial charge in [-0.3, -0.25) is 0 Å². The van der Waals surface area contributed by atoms with E-state index in [4.69, 9.17) is 5.73 Å². The van der Waals surface area contributed by atoms with Gasteiger partial charge in [-0.2, -0.15) is 0 Å². The van der Waals surface area contributed by atoms with Crippen LogP contribution in [0.4, 0.5) is 33.1 Å². The number of piperazine rings is 1. The molecule has 3 N–H and O–H groups in total. The third-order valence-corrected chi connectivity index (χ3v) is 5.67. The number of halogens is 1. The maximum atomic E-state index is 13.2. The second-order valence-electron chi connectivity index (χ2n) is 7.84. The first-order chi connectivity index (χ1) is 15.1. The second kappa shape index (κ2) is 9.64. The molecule has 0 bridgehead atoms. The number of hydrogen-bond donors (Lipinski definition) is 2. The normalized spacial score (nSPS) is 14.0. The van der Waals surface area contributed by atoms with Crippen molar-refractivity contribution in [3.63, 3.8) is 0 Å². The minimum absolute atomic E-state index is 0.216. The molecule has 1 saturated heterocycles. The minimum Gasteiger partial charge on any atom is -0.393 e. The van der Waals surface area contributed by atoms with Crippen LogP contribution in [0.2, 0.25) is 0 Å². The van der Waals surface area contributed by atoms with Gasteiger partial charge in [-0.1, -0.05) is 25.5 Å². The maximum Gasteiger partial charge on any atom is 0.159 e.